The lowest BCUT2D eigenvalue weighted by molar-refractivity contribution is 0.101. The second-order valence-corrected chi connectivity index (χ2v) is 4.17. The average molecular weight is 237 g/mol. The second kappa shape index (κ2) is 5.41. The molecule has 0 N–H and O–H groups in total. The van der Waals surface area contributed by atoms with E-state index in [1.165, 1.54) is 0 Å². The fraction of sp³-hybridized carbons (Fsp3) is 0.125. The number of Topliss-reactive ketones (excluding diaryl/α,β-unsaturated/α-hetero) is 1. The highest BCUT2D eigenvalue weighted by atomic mass is 16.1. The van der Waals surface area contributed by atoms with E-state index in [4.69, 9.17) is 0 Å². The molecule has 0 amide bonds. The van der Waals surface area contributed by atoms with Gasteiger partial charge in [0.2, 0.25) is 0 Å². The molecule has 0 heterocycles. The molecule has 2 rings (SSSR count). The summed E-state index contributed by atoms with van der Waals surface area (Å²) in [5.41, 5.74) is 3.52. The van der Waals surface area contributed by atoms with Gasteiger partial charge in [0.05, 0.1) is 5.69 Å². The summed E-state index contributed by atoms with van der Waals surface area (Å²) in [6.45, 7) is 3.52. The standard InChI is InChI=1S/C16H15NO/c1-12(17-16-9-4-3-5-10-16)14-7-6-8-15(11-14)13(2)18/h3-11H,1-2H3. The molecule has 0 radical (unpaired) electrons. The molecule has 0 bridgehead atoms. The van der Waals surface area contributed by atoms with Crippen molar-refractivity contribution in [1.82, 2.24) is 0 Å². The van der Waals surface area contributed by atoms with Crippen molar-refractivity contribution >= 4 is 17.2 Å². The van der Waals surface area contributed by atoms with Crippen LogP contribution in [0.2, 0.25) is 0 Å². The Kier molecular flexibility index (Phi) is 3.68. The van der Waals surface area contributed by atoms with Crippen LogP contribution in [0.5, 0.6) is 0 Å². The van der Waals surface area contributed by atoms with E-state index < -0.39 is 0 Å². The third-order valence-corrected chi connectivity index (χ3v) is 2.74. The number of carbonyl (C=O) groups is 1. The number of carbonyl (C=O) groups excluding carboxylic acids is 1. The molecular weight excluding hydrogens is 222 g/mol. The Morgan fingerprint density at radius 1 is 0.889 bits per heavy atom. The fourth-order valence-corrected chi connectivity index (χ4v) is 1.72. The van der Waals surface area contributed by atoms with Crippen LogP contribution in [0.25, 0.3) is 0 Å². The second-order valence-electron chi connectivity index (χ2n) is 4.17. The molecule has 0 unspecified atom stereocenters. The lowest BCUT2D eigenvalue weighted by Crippen LogP contribution is -1.98. The van der Waals surface area contributed by atoms with E-state index >= 15 is 0 Å². The van der Waals surface area contributed by atoms with E-state index in [1.54, 1.807) is 6.92 Å². The fourth-order valence-electron chi connectivity index (χ4n) is 1.72. The predicted octanol–water partition coefficient (Wildman–Crippen LogP) is 4.03. The number of para-hydroxylation sites is 1. The molecule has 2 heteroatoms. The first-order valence-electron chi connectivity index (χ1n) is 5.88. The maximum atomic E-state index is 11.3. The summed E-state index contributed by atoms with van der Waals surface area (Å²) in [4.78, 5) is 15.9. The Morgan fingerprint density at radius 3 is 2.22 bits per heavy atom. The van der Waals surface area contributed by atoms with Crippen molar-refractivity contribution in [3.05, 3.63) is 65.7 Å². The van der Waals surface area contributed by atoms with E-state index in [0.29, 0.717) is 0 Å². The van der Waals surface area contributed by atoms with Gasteiger partial charge in [-0.15, -0.1) is 0 Å². The summed E-state index contributed by atoms with van der Waals surface area (Å²) in [6.07, 6.45) is 0. The molecule has 0 aliphatic rings. The van der Waals surface area contributed by atoms with Crippen molar-refractivity contribution in [1.29, 1.82) is 0 Å². The zero-order valence-corrected chi connectivity index (χ0v) is 10.6. The number of hydrogen-bond donors (Lipinski definition) is 0. The van der Waals surface area contributed by atoms with Crippen molar-refractivity contribution in [3.63, 3.8) is 0 Å². The highest BCUT2D eigenvalue weighted by Crippen LogP contribution is 2.14. The van der Waals surface area contributed by atoms with E-state index in [1.807, 2.05) is 61.5 Å². The SMILES string of the molecule is CC(=O)c1cccc(C(C)=Nc2ccccc2)c1. The van der Waals surface area contributed by atoms with Gasteiger partial charge < -0.3 is 0 Å². The Balaban J connectivity index is 2.34. The summed E-state index contributed by atoms with van der Waals surface area (Å²) in [6, 6.07) is 17.3. The minimum absolute atomic E-state index is 0.0735. The monoisotopic (exact) mass is 237 g/mol. The molecule has 18 heavy (non-hydrogen) atoms. The number of nitrogens with zero attached hydrogens (tertiary/aromatic N) is 1. The molecule has 0 fully saturated rings. The molecule has 0 aliphatic carbocycles. The van der Waals surface area contributed by atoms with Crippen molar-refractivity contribution in [3.8, 4) is 0 Å². The maximum Gasteiger partial charge on any atom is 0.159 e. The first-order valence-corrected chi connectivity index (χ1v) is 5.88. The van der Waals surface area contributed by atoms with Crippen LogP contribution in [0.15, 0.2) is 59.6 Å². The maximum absolute atomic E-state index is 11.3. The van der Waals surface area contributed by atoms with Crippen LogP contribution in [0, 0.1) is 0 Å². The Morgan fingerprint density at radius 2 is 1.56 bits per heavy atom. The van der Waals surface area contributed by atoms with E-state index in [-0.39, 0.29) is 5.78 Å². The smallest absolute Gasteiger partial charge is 0.159 e. The molecule has 0 saturated carbocycles. The number of aliphatic imine (C=N–C) groups is 1. The van der Waals surface area contributed by atoms with Gasteiger partial charge in [-0.1, -0.05) is 36.4 Å². The number of benzene rings is 2. The molecule has 2 aromatic carbocycles. The highest BCUT2D eigenvalue weighted by Gasteiger charge is 2.02. The van der Waals surface area contributed by atoms with Crippen molar-refractivity contribution in [2.24, 2.45) is 4.99 Å². The number of rotatable bonds is 3. The van der Waals surface area contributed by atoms with Crippen LogP contribution < -0.4 is 0 Å². The summed E-state index contributed by atoms with van der Waals surface area (Å²) in [5, 5.41) is 0. The normalized spacial score (nSPS) is 11.3. The summed E-state index contributed by atoms with van der Waals surface area (Å²) in [7, 11) is 0. The van der Waals surface area contributed by atoms with Crippen LogP contribution >= 0.6 is 0 Å². The number of hydrogen-bond acceptors (Lipinski definition) is 2. The summed E-state index contributed by atoms with van der Waals surface area (Å²) >= 11 is 0. The molecule has 0 saturated heterocycles. The van der Waals surface area contributed by atoms with E-state index in [2.05, 4.69) is 4.99 Å². The van der Waals surface area contributed by atoms with E-state index in [0.717, 1.165) is 22.5 Å². The number of ketones is 1. The summed E-state index contributed by atoms with van der Waals surface area (Å²) in [5.74, 6) is 0.0735. The molecule has 0 aliphatic heterocycles. The predicted molar refractivity (Wildman–Crippen MR) is 74.8 cm³/mol. The largest absolute Gasteiger partial charge is 0.295 e. The highest BCUT2D eigenvalue weighted by molar-refractivity contribution is 6.03. The average Bonchev–Trinajstić information content (AvgIpc) is 2.40. The Hall–Kier alpha value is -2.22. The Bertz CT molecular complexity index is 585. The molecule has 0 spiro atoms. The Labute approximate surface area is 107 Å². The zero-order chi connectivity index (χ0) is 13.0. The van der Waals surface area contributed by atoms with Gasteiger partial charge in [-0.3, -0.25) is 9.79 Å². The van der Waals surface area contributed by atoms with Crippen LogP contribution in [0.1, 0.15) is 29.8 Å². The lowest BCUT2D eigenvalue weighted by atomic mass is 10.1. The zero-order valence-electron chi connectivity index (χ0n) is 10.6. The van der Waals surface area contributed by atoms with E-state index in [9.17, 15) is 4.79 Å². The first kappa shape index (κ1) is 12.2. The third kappa shape index (κ3) is 2.92. The van der Waals surface area contributed by atoms with Gasteiger partial charge in [-0.05, 0) is 37.6 Å². The quantitative estimate of drug-likeness (QED) is 0.585. The van der Waals surface area contributed by atoms with Crippen LogP contribution in [-0.4, -0.2) is 11.5 Å². The minimum atomic E-state index is 0.0735. The molecule has 0 atom stereocenters. The summed E-state index contributed by atoms with van der Waals surface area (Å²) < 4.78 is 0. The van der Waals surface area contributed by atoms with Crippen LogP contribution in [-0.2, 0) is 0 Å². The molecule has 2 aromatic rings. The van der Waals surface area contributed by atoms with Gasteiger partial charge in [0.25, 0.3) is 0 Å². The van der Waals surface area contributed by atoms with Crippen molar-refractivity contribution in [2.75, 3.05) is 0 Å². The molecular formula is C16H15NO. The van der Waals surface area contributed by atoms with Gasteiger partial charge in [0.15, 0.2) is 5.78 Å². The molecule has 2 nitrogen and oxygen atoms in total. The van der Waals surface area contributed by atoms with Crippen LogP contribution in [0.4, 0.5) is 5.69 Å². The van der Waals surface area contributed by atoms with Gasteiger partial charge >= 0.3 is 0 Å². The minimum Gasteiger partial charge on any atom is -0.295 e. The van der Waals surface area contributed by atoms with Gasteiger partial charge in [0, 0.05) is 11.3 Å². The van der Waals surface area contributed by atoms with Gasteiger partial charge in [-0.2, -0.15) is 0 Å². The van der Waals surface area contributed by atoms with Crippen molar-refractivity contribution < 1.29 is 4.79 Å². The van der Waals surface area contributed by atoms with Gasteiger partial charge in [-0.25, -0.2) is 0 Å². The van der Waals surface area contributed by atoms with Gasteiger partial charge in [0.1, 0.15) is 0 Å². The first-order chi connectivity index (χ1) is 8.66. The molecule has 0 aromatic heterocycles. The third-order valence-electron chi connectivity index (χ3n) is 2.74. The molecule has 90 valence electrons. The van der Waals surface area contributed by atoms with Crippen LogP contribution in [0.3, 0.4) is 0 Å². The van der Waals surface area contributed by atoms with Crippen molar-refractivity contribution in [2.45, 2.75) is 13.8 Å². The topological polar surface area (TPSA) is 29.4 Å². The lowest BCUT2D eigenvalue weighted by Gasteiger charge is -2.03.